The largest absolute Gasteiger partial charge is 0.308 e. The number of sulfonamides is 1. The summed E-state index contributed by atoms with van der Waals surface area (Å²) < 4.78 is 27.1. The van der Waals surface area contributed by atoms with Gasteiger partial charge in [0.1, 0.15) is 0 Å². The lowest BCUT2D eigenvalue weighted by Gasteiger charge is -2.11. The lowest BCUT2D eigenvalue weighted by molar-refractivity contribution is 0.515. The zero-order chi connectivity index (χ0) is 14.0. The summed E-state index contributed by atoms with van der Waals surface area (Å²) in [6.45, 7) is 0.427. The molecule has 0 bridgehead atoms. The van der Waals surface area contributed by atoms with Crippen molar-refractivity contribution < 1.29 is 8.42 Å². The second-order valence-electron chi connectivity index (χ2n) is 4.44. The number of benzene rings is 1. The zero-order valence-corrected chi connectivity index (χ0v) is 12.5. The summed E-state index contributed by atoms with van der Waals surface area (Å²) in [7, 11) is -0.165. The molecule has 2 aromatic rings. The number of fused-ring (bicyclic) bond motifs is 1. The van der Waals surface area contributed by atoms with Gasteiger partial charge in [-0.3, -0.25) is 9.36 Å². The van der Waals surface area contributed by atoms with E-state index in [1.54, 1.807) is 4.57 Å². The van der Waals surface area contributed by atoms with Gasteiger partial charge in [0.25, 0.3) is 0 Å². The van der Waals surface area contributed by atoms with Crippen LogP contribution in [0.4, 0.5) is 0 Å². The molecule has 5 nitrogen and oxygen atoms in total. The van der Waals surface area contributed by atoms with Crippen LogP contribution in [-0.4, -0.2) is 37.1 Å². The quantitative estimate of drug-likeness (QED) is 0.837. The van der Waals surface area contributed by atoms with Crippen molar-refractivity contribution >= 4 is 31.6 Å². The number of para-hydroxylation sites is 1. The van der Waals surface area contributed by atoms with Gasteiger partial charge in [0, 0.05) is 20.6 Å². The first kappa shape index (κ1) is 14.2. The summed E-state index contributed by atoms with van der Waals surface area (Å²) in [5.41, 5.74) is 0.875. The number of thiazole rings is 1. The molecule has 0 aliphatic carbocycles. The summed E-state index contributed by atoms with van der Waals surface area (Å²) in [6.07, 6.45) is 0.432. The topological polar surface area (TPSA) is 59.4 Å². The van der Waals surface area contributed by atoms with E-state index in [9.17, 15) is 13.2 Å². The monoisotopic (exact) mass is 300 g/mol. The number of aryl methyl sites for hydroxylation is 1. The Labute approximate surface area is 116 Å². The third-order valence-electron chi connectivity index (χ3n) is 2.91. The molecule has 7 heteroatoms. The molecule has 0 saturated carbocycles. The summed E-state index contributed by atoms with van der Waals surface area (Å²) >= 11 is 1.19. The Morgan fingerprint density at radius 2 is 1.95 bits per heavy atom. The van der Waals surface area contributed by atoms with Gasteiger partial charge in [0.15, 0.2) is 0 Å². The minimum absolute atomic E-state index is 0.0385. The molecule has 104 valence electrons. The molecule has 2 rings (SSSR count). The van der Waals surface area contributed by atoms with E-state index in [0.717, 1.165) is 10.2 Å². The standard InChI is InChI=1S/C12H16N2O3S2/c1-13(2)19(16,17)9-5-8-14-10-6-3-4-7-11(10)18-12(14)15/h3-4,6-7H,5,8-9H2,1-2H3. The van der Waals surface area contributed by atoms with Gasteiger partial charge < -0.3 is 0 Å². The zero-order valence-electron chi connectivity index (χ0n) is 10.9. The molecule has 0 N–H and O–H groups in total. The van der Waals surface area contributed by atoms with Gasteiger partial charge in [-0.2, -0.15) is 0 Å². The molecule has 0 saturated heterocycles. The van der Waals surface area contributed by atoms with Crippen LogP contribution in [0.5, 0.6) is 0 Å². The fourth-order valence-corrected chi connectivity index (χ4v) is 3.59. The van der Waals surface area contributed by atoms with Crippen LogP contribution in [0.15, 0.2) is 29.1 Å². The van der Waals surface area contributed by atoms with Crippen molar-refractivity contribution in [2.75, 3.05) is 19.8 Å². The molecule has 19 heavy (non-hydrogen) atoms. The average Bonchev–Trinajstić information content (AvgIpc) is 2.65. The maximum atomic E-state index is 11.8. The highest BCUT2D eigenvalue weighted by Crippen LogP contribution is 2.16. The Kier molecular flexibility index (Phi) is 4.07. The predicted molar refractivity (Wildman–Crippen MR) is 78.2 cm³/mol. The van der Waals surface area contributed by atoms with Crippen LogP contribution in [0, 0.1) is 0 Å². The fourth-order valence-electron chi connectivity index (χ4n) is 1.81. The number of nitrogens with zero attached hydrogens (tertiary/aromatic N) is 2. The molecule has 1 aromatic carbocycles. The smallest absolute Gasteiger partial charge is 0.299 e. The van der Waals surface area contributed by atoms with Crippen LogP contribution in [0.1, 0.15) is 6.42 Å². The van der Waals surface area contributed by atoms with Gasteiger partial charge in [0.2, 0.25) is 10.0 Å². The lowest BCUT2D eigenvalue weighted by atomic mass is 10.3. The fraction of sp³-hybridized carbons (Fsp3) is 0.417. The molecule has 0 aliphatic heterocycles. The lowest BCUT2D eigenvalue weighted by Crippen LogP contribution is -2.26. The van der Waals surface area contributed by atoms with Gasteiger partial charge in [-0.15, -0.1) is 0 Å². The van der Waals surface area contributed by atoms with Crippen LogP contribution in [-0.2, 0) is 16.6 Å². The second kappa shape index (κ2) is 5.44. The van der Waals surface area contributed by atoms with E-state index in [1.807, 2.05) is 24.3 Å². The highest BCUT2D eigenvalue weighted by Gasteiger charge is 2.14. The molecule has 1 heterocycles. The van der Waals surface area contributed by atoms with Gasteiger partial charge in [0.05, 0.1) is 16.0 Å². The molecule has 0 fully saturated rings. The average molecular weight is 300 g/mol. The van der Waals surface area contributed by atoms with Gasteiger partial charge in [-0.1, -0.05) is 23.5 Å². The number of aromatic nitrogens is 1. The van der Waals surface area contributed by atoms with Crippen LogP contribution in [0.2, 0.25) is 0 Å². The third-order valence-corrected chi connectivity index (χ3v) is 5.79. The van der Waals surface area contributed by atoms with Crippen molar-refractivity contribution in [1.29, 1.82) is 0 Å². The number of hydrogen-bond acceptors (Lipinski definition) is 4. The van der Waals surface area contributed by atoms with E-state index in [2.05, 4.69) is 0 Å². The molecule has 0 atom stereocenters. The maximum Gasteiger partial charge on any atom is 0.308 e. The molecule has 0 aliphatic rings. The molecular weight excluding hydrogens is 284 g/mol. The van der Waals surface area contributed by atoms with Crippen molar-refractivity contribution in [3.05, 3.63) is 33.9 Å². The minimum atomic E-state index is -3.20. The highest BCUT2D eigenvalue weighted by molar-refractivity contribution is 7.89. The van der Waals surface area contributed by atoms with E-state index in [-0.39, 0.29) is 10.6 Å². The molecule has 0 radical (unpaired) electrons. The number of hydrogen-bond donors (Lipinski definition) is 0. The summed E-state index contributed by atoms with van der Waals surface area (Å²) in [5, 5.41) is 0. The van der Waals surface area contributed by atoms with Gasteiger partial charge in [-0.25, -0.2) is 12.7 Å². The van der Waals surface area contributed by atoms with Crippen LogP contribution in [0.3, 0.4) is 0 Å². The SMILES string of the molecule is CN(C)S(=O)(=O)CCCn1c(=O)sc2ccccc21. The Morgan fingerprint density at radius 1 is 1.26 bits per heavy atom. The maximum absolute atomic E-state index is 11.8. The van der Waals surface area contributed by atoms with E-state index in [1.165, 1.54) is 29.7 Å². The summed E-state index contributed by atoms with van der Waals surface area (Å²) in [4.78, 5) is 11.8. The third kappa shape index (κ3) is 3.05. The Hall–Kier alpha value is -1.18. The number of rotatable bonds is 5. The van der Waals surface area contributed by atoms with Gasteiger partial charge >= 0.3 is 4.87 Å². The van der Waals surface area contributed by atoms with Crippen molar-refractivity contribution in [3.63, 3.8) is 0 Å². The first-order valence-electron chi connectivity index (χ1n) is 5.90. The predicted octanol–water partition coefficient (Wildman–Crippen LogP) is 1.34. The first-order valence-corrected chi connectivity index (χ1v) is 8.33. The molecule has 0 unspecified atom stereocenters. The second-order valence-corrected chi connectivity index (χ2v) is 7.73. The van der Waals surface area contributed by atoms with Crippen molar-refractivity contribution in [2.24, 2.45) is 0 Å². The Balaban J connectivity index is 2.15. The van der Waals surface area contributed by atoms with E-state index < -0.39 is 10.0 Å². The molecule has 0 spiro atoms. The van der Waals surface area contributed by atoms with E-state index >= 15 is 0 Å². The Morgan fingerprint density at radius 3 is 2.63 bits per heavy atom. The minimum Gasteiger partial charge on any atom is -0.299 e. The normalized spacial score (nSPS) is 12.4. The van der Waals surface area contributed by atoms with Crippen LogP contribution >= 0.6 is 11.3 Å². The van der Waals surface area contributed by atoms with E-state index in [0.29, 0.717) is 13.0 Å². The van der Waals surface area contributed by atoms with Crippen LogP contribution < -0.4 is 4.87 Å². The summed E-state index contributed by atoms with van der Waals surface area (Å²) in [5.74, 6) is 0.0522. The highest BCUT2D eigenvalue weighted by atomic mass is 32.2. The van der Waals surface area contributed by atoms with Crippen LogP contribution in [0.25, 0.3) is 10.2 Å². The first-order chi connectivity index (χ1) is 8.92. The van der Waals surface area contributed by atoms with Crippen molar-refractivity contribution in [3.8, 4) is 0 Å². The summed E-state index contributed by atoms with van der Waals surface area (Å²) in [6, 6.07) is 7.54. The Bertz CT molecular complexity index is 729. The van der Waals surface area contributed by atoms with Crippen molar-refractivity contribution in [2.45, 2.75) is 13.0 Å². The molecular formula is C12H16N2O3S2. The van der Waals surface area contributed by atoms with Gasteiger partial charge in [-0.05, 0) is 18.6 Å². The van der Waals surface area contributed by atoms with E-state index in [4.69, 9.17) is 0 Å². The molecule has 0 amide bonds. The van der Waals surface area contributed by atoms with Crippen molar-refractivity contribution in [1.82, 2.24) is 8.87 Å². The molecule has 1 aromatic heterocycles.